The first-order valence-electron chi connectivity index (χ1n) is 8.27. The lowest BCUT2D eigenvalue weighted by Gasteiger charge is -2.40. The third-order valence-electron chi connectivity index (χ3n) is 5.37. The predicted octanol–water partition coefficient (Wildman–Crippen LogP) is 3.71. The molecule has 1 fully saturated rings. The molecule has 114 valence electrons. The van der Waals surface area contributed by atoms with Crippen LogP contribution in [-0.2, 0) is 13.0 Å². The second-order valence-electron chi connectivity index (χ2n) is 6.56. The lowest BCUT2D eigenvalue weighted by molar-refractivity contribution is 0.0693. The van der Waals surface area contributed by atoms with E-state index in [2.05, 4.69) is 17.9 Å². The molecule has 1 aromatic rings. The second kappa shape index (κ2) is 6.18. The molecular formula is C18H25NO2. The van der Waals surface area contributed by atoms with E-state index in [9.17, 15) is 9.90 Å². The summed E-state index contributed by atoms with van der Waals surface area (Å²) in [6.07, 6.45) is 7.55. The van der Waals surface area contributed by atoms with Crippen molar-refractivity contribution in [2.75, 3.05) is 6.54 Å². The van der Waals surface area contributed by atoms with E-state index in [0.717, 1.165) is 31.0 Å². The molecule has 0 aromatic heterocycles. The minimum absolute atomic E-state index is 0.502. The van der Waals surface area contributed by atoms with Gasteiger partial charge in [0, 0.05) is 19.1 Å². The molecule has 0 bridgehead atoms. The number of nitrogens with zero attached hydrogens (tertiary/aromatic N) is 1. The van der Waals surface area contributed by atoms with Crippen LogP contribution in [-0.4, -0.2) is 28.6 Å². The summed E-state index contributed by atoms with van der Waals surface area (Å²) in [7, 11) is 0. The van der Waals surface area contributed by atoms with Crippen LogP contribution < -0.4 is 0 Å². The van der Waals surface area contributed by atoms with E-state index >= 15 is 0 Å². The fourth-order valence-corrected chi connectivity index (χ4v) is 4.11. The summed E-state index contributed by atoms with van der Waals surface area (Å²) in [5.41, 5.74) is 2.78. The molecule has 0 radical (unpaired) electrons. The number of aromatic carboxylic acids is 1. The smallest absolute Gasteiger partial charge is 0.335 e. The quantitative estimate of drug-likeness (QED) is 0.921. The third kappa shape index (κ3) is 2.98. The fraction of sp³-hybridized carbons (Fsp3) is 0.611. The topological polar surface area (TPSA) is 40.5 Å². The Morgan fingerprint density at radius 1 is 1.38 bits per heavy atom. The van der Waals surface area contributed by atoms with Crippen LogP contribution in [0.5, 0.6) is 0 Å². The highest BCUT2D eigenvalue weighted by Gasteiger charge is 2.29. The second-order valence-corrected chi connectivity index (χ2v) is 6.56. The van der Waals surface area contributed by atoms with Gasteiger partial charge >= 0.3 is 5.97 Å². The molecular weight excluding hydrogens is 262 g/mol. The average Bonchev–Trinajstić information content (AvgIpc) is 2.53. The molecule has 0 spiro atoms. The monoisotopic (exact) mass is 287 g/mol. The van der Waals surface area contributed by atoms with Gasteiger partial charge in [-0.1, -0.05) is 38.3 Å². The van der Waals surface area contributed by atoms with Gasteiger partial charge in [0.2, 0.25) is 0 Å². The highest BCUT2D eigenvalue weighted by Crippen LogP contribution is 2.33. The van der Waals surface area contributed by atoms with Gasteiger partial charge in [-0.05, 0) is 42.4 Å². The van der Waals surface area contributed by atoms with Crippen molar-refractivity contribution in [2.24, 2.45) is 5.92 Å². The van der Waals surface area contributed by atoms with Crippen molar-refractivity contribution in [3.8, 4) is 0 Å². The van der Waals surface area contributed by atoms with Gasteiger partial charge in [-0.15, -0.1) is 0 Å². The average molecular weight is 287 g/mol. The molecule has 0 amide bonds. The van der Waals surface area contributed by atoms with Crippen molar-refractivity contribution in [3.05, 3.63) is 34.9 Å². The molecule has 0 saturated heterocycles. The first-order chi connectivity index (χ1) is 10.2. The van der Waals surface area contributed by atoms with E-state index in [-0.39, 0.29) is 0 Å². The van der Waals surface area contributed by atoms with Crippen LogP contribution in [0, 0.1) is 5.92 Å². The van der Waals surface area contributed by atoms with Crippen molar-refractivity contribution < 1.29 is 9.90 Å². The molecule has 1 aliphatic carbocycles. The predicted molar refractivity (Wildman–Crippen MR) is 83.6 cm³/mol. The van der Waals surface area contributed by atoms with Gasteiger partial charge in [-0.2, -0.15) is 0 Å². The lowest BCUT2D eigenvalue weighted by atomic mass is 9.82. The molecule has 2 atom stereocenters. The summed E-state index contributed by atoms with van der Waals surface area (Å²) in [5, 5.41) is 9.31. The van der Waals surface area contributed by atoms with Crippen molar-refractivity contribution in [1.82, 2.24) is 4.90 Å². The molecule has 1 heterocycles. The van der Waals surface area contributed by atoms with E-state index in [4.69, 9.17) is 0 Å². The number of carboxylic acid groups (broad SMARTS) is 1. The van der Waals surface area contributed by atoms with Gasteiger partial charge in [0.15, 0.2) is 0 Å². The van der Waals surface area contributed by atoms with Crippen molar-refractivity contribution in [1.29, 1.82) is 0 Å². The van der Waals surface area contributed by atoms with Crippen LogP contribution in [0.2, 0.25) is 0 Å². The molecule has 1 aromatic carbocycles. The number of hydrogen-bond acceptors (Lipinski definition) is 2. The number of benzene rings is 1. The van der Waals surface area contributed by atoms with Crippen molar-refractivity contribution >= 4 is 5.97 Å². The zero-order chi connectivity index (χ0) is 14.8. The Balaban J connectivity index is 1.75. The van der Waals surface area contributed by atoms with Gasteiger partial charge in [0.1, 0.15) is 0 Å². The highest BCUT2D eigenvalue weighted by atomic mass is 16.4. The fourth-order valence-electron chi connectivity index (χ4n) is 4.11. The standard InChI is InChI=1S/C18H25NO2/c1-2-13-5-3-7-15(11-13)19-10-9-16-14(12-19)6-4-8-17(16)18(20)21/h4,6,8,13,15H,2-3,5,7,9-12H2,1H3,(H,20,21). The third-order valence-corrected chi connectivity index (χ3v) is 5.37. The normalized spacial score (nSPS) is 26.3. The zero-order valence-electron chi connectivity index (χ0n) is 12.8. The van der Waals surface area contributed by atoms with Crippen molar-refractivity contribution in [3.63, 3.8) is 0 Å². The van der Waals surface area contributed by atoms with E-state index < -0.39 is 5.97 Å². The summed E-state index contributed by atoms with van der Waals surface area (Å²) in [4.78, 5) is 13.9. The first-order valence-corrected chi connectivity index (χ1v) is 8.27. The Bertz CT molecular complexity index is 526. The van der Waals surface area contributed by atoms with Crippen LogP contribution in [0.4, 0.5) is 0 Å². The van der Waals surface area contributed by atoms with Gasteiger partial charge in [-0.25, -0.2) is 4.79 Å². The summed E-state index contributed by atoms with van der Waals surface area (Å²) < 4.78 is 0. The molecule has 3 nitrogen and oxygen atoms in total. The molecule has 1 aliphatic heterocycles. The number of hydrogen-bond donors (Lipinski definition) is 1. The maximum Gasteiger partial charge on any atom is 0.335 e. The van der Waals surface area contributed by atoms with E-state index in [1.165, 1.54) is 37.7 Å². The van der Waals surface area contributed by atoms with E-state index in [1.807, 2.05) is 6.07 Å². The van der Waals surface area contributed by atoms with E-state index in [0.29, 0.717) is 11.6 Å². The van der Waals surface area contributed by atoms with Gasteiger partial charge in [0.25, 0.3) is 0 Å². The van der Waals surface area contributed by atoms with Gasteiger partial charge in [0.05, 0.1) is 5.56 Å². The number of fused-ring (bicyclic) bond motifs is 1. The minimum atomic E-state index is -0.788. The summed E-state index contributed by atoms with van der Waals surface area (Å²) in [6.45, 7) is 4.24. The molecule has 3 rings (SSSR count). The zero-order valence-corrected chi connectivity index (χ0v) is 12.8. The van der Waals surface area contributed by atoms with Crippen LogP contribution in [0.15, 0.2) is 18.2 Å². The van der Waals surface area contributed by atoms with Gasteiger partial charge in [-0.3, -0.25) is 4.90 Å². The summed E-state index contributed by atoms with van der Waals surface area (Å²) >= 11 is 0. The number of carbonyl (C=O) groups is 1. The Kier molecular flexibility index (Phi) is 4.29. The molecule has 2 unspecified atom stereocenters. The SMILES string of the molecule is CCC1CCCC(N2CCc3c(cccc3C(=O)O)C2)C1. The molecule has 1 N–H and O–H groups in total. The van der Waals surface area contributed by atoms with Crippen LogP contribution in [0.3, 0.4) is 0 Å². The molecule has 3 heteroatoms. The Labute approximate surface area is 127 Å². The maximum absolute atomic E-state index is 11.3. The minimum Gasteiger partial charge on any atom is -0.478 e. The highest BCUT2D eigenvalue weighted by molar-refractivity contribution is 5.89. The first kappa shape index (κ1) is 14.6. The number of carboxylic acids is 1. The van der Waals surface area contributed by atoms with Crippen molar-refractivity contribution in [2.45, 2.75) is 58.0 Å². The van der Waals surface area contributed by atoms with Crippen LogP contribution >= 0.6 is 0 Å². The summed E-state index contributed by atoms with van der Waals surface area (Å²) in [5.74, 6) is 0.0968. The Morgan fingerprint density at radius 3 is 3.00 bits per heavy atom. The maximum atomic E-state index is 11.3. The largest absolute Gasteiger partial charge is 0.478 e. The van der Waals surface area contributed by atoms with Crippen LogP contribution in [0.1, 0.15) is 60.5 Å². The Morgan fingerprint density at radius 2 is 2.24 bits per heavy atom. The summed E-state index contributed by atoms with van der Waals surface area (Å²) in [6, 6.07) is 6.44. The molecule has 2 aliphatic rings. The van der Waals surface area contributed by atoms with Crippen LogP contribution in [0.25, 0.3) is 0 Å². The molecule has 1 saturated carbocycles. The number of rotatable bonds is 3. The molecule has 21 heavy (non-hydrogen) atoms. The van der Waals surface area contributed by atoms with Gasteiger partial charge < -0.3 is 5.11 Å². The Hall–Kier alpha value is -1.35. The van der Waals surface area contributed by atoms with E-state index in [1.54, 1.807) is 6.07 Å². The lowest BCUT2D eigenvalue weighted by Crippen LogP contribution is -2.42.